The van der Waals surface area contributed by atoms with E-state index >= 15 is 0 Å². The maximum absolute atomic E-state index is 13.2. The zero-order chi connectivity index (χ0) is 21.1. The molecule has 0 radical (unpaired) electrons. The molecule has 0 saturated carbocycles. The summed E-state index contributed by atoms with van der Waals surface area (Å²) < 4.78 is 39.5. The Balaban J connectivity index is 1.50. The summed E-state index contributed by atoms with van der Waals surface area (Å²) in [7, 11) is 0. The number of nitrogens with zero attached hydrogens (tertiary/aromatic N) is 1. The van der Waals surface area contributed by atoms with E-state index in [1.165, 1.54) is 12.3 Å². The van der Waals surface area contributed by atoms with Crippen molar-refractivity contribution in [2.24, 2.45) is 0 Å². The number of aromatic nitrogens is 1. The van der Waals surface area contributed by atoms with Crippen molar-refractivity contribution in [3.63, 3.8) is 0 Å². The van der Waals surface area contributed by atoms with Crippen molar-refractivity contribution in [2.75, 3.05) is 17.2 Å². The monoisotopic (exact) mass is 411 g/mol. The van der Waals surface area contributed by atoms with E-state index in [-0.39, 0.29) is 12.3 Å². The number of rotatable bonds is 5. The standard InChI is InChI=1S/C23H20F3N3O/c24-23(25,26)18-5-3-15(20(13-18)17-2-1-10-27-14-17)4-8-22(30)29-19-6-7-21-16(12-19)9-11-28-21/h1-3,5-7,10,12-14,28H,4,8-9,11H2,(H,29,30). The molecule has 1 aliphatic heterocycles. The molecule has 0 spiro atoms. The second-order valence-corrected chi connectivity index (χ2v) is 7.21. The third-order valence-corrected chi connectivity index (χ3v) is 5.13. The number of amides is 1. The molecule has 0 fully saturated rings. The van der Waals surface area contributed by atoms with Gasteiger partial charge in [0.25, 0.3) is 0 Å². The van der Waals surface area contributed by atoms with E-state index in [4.69, 9.17) is 0 Å². The molecule has 0 saturated heterocycles. The number of nitrogens with one attached hydrogen (secondary N) is 2. The average Bonchev–Trinajstić information content (AvgIpc) is 3.20. The molecule has 1 amide bonds. The van der Waals surface area contributed by atoms with Crippen LogP contribution in [-0.4, -0.2) is 17.4 Å². The number of halogens is 3. The molecule has 2 heterocycles. The Morgan fingerprint density at radius 2 is 2.00 bits per heavy atom. The molecular weight excluding hydrogens is 391 g/mol. The third kappa shape index (κ3) is 4.45. The van der Waals surface area contributed by atoms with Crippen LogP contribution in [0.15, 0.2) is 60.9 Å². The van der Waals surface area contributed by atoms with Crippen LogP contribution >= 0.6 is 0 Å². The number of benzene rings is 2. The molecule has 4 rings (SSSR count). The number of carbonyl (C=O) groups excluding carboxylic acids is 1. The van der Waals surface area contributed by atoms with Crippen molar-refractivity contribution in [3.8, 4) is 11.1 Å². The molecule has 2 aromatic carbocycles. The minimum atomic E-state index is -4.44. The predicted octanol–water partition coefficient (Wildman–Crippen LogP) is 5.31. The Labute approximate surface area is 172 Å². The van der Waals surface area contributed by atoms with Gasteiger partial charge in [0.1, 0.15) is 0 Å². The third-order valence-electron chi connectivity index (χ3n) is 5.13. The molecule has 1 aliphatic rings. The van der Waals surface area contributed by atoms with Gasteiger partial charge in [-0.2, -0.15) is 13.2 Å². The zero-order valence-electron chi connectivity index (χ0n) is 16.1. The van der Waals surface area contributed by atoms with Gasteiger partial charge < -0.3 is 10.6 Å². The van der Waals surface area contributed by atoms with Crippen molar-refractivity contribution < 1.29 is 18.0 Å². The highest BCUT2D eigenvalue weighted by atomic mass is 19.4. The van der Waals surface area contributed by atoms with Crippen LogP contribution in [0.4, 0.5) is 24.5 Å². The quantitative estimate of drug-likeness (QED) is 0.599. The number of alkyl halides is 3. The van der Waals surface area contributed by atoms with Crippen LogP contribution in [0, 0.1) is 0 Å². The summed E-state index contributed by atoms with van der Waals surface area (Å²) in [5.74, 6) is -0.182. The van der Waals surface area contributed by atoms with Gasteiger partial charge in [-0.3, -0.25) is 9.78 Å². The van der Waals surface area contributed by atoms with Crippen LogP contribution < -0.4 is 10.6 Å². The van der Waals surface area contributed by atoms with Gasteiger partial charge in [0.2, 0.25) is 5.91 Å². The largest absolute Gasteiger partial charge is 0.416 e. The van der Waals surface area contributed by atoms with Gasteiger partial charge in [-0.25, -0.2) is 0 Å². The SMILES string of the molecule is O=C(CCc1ccc(C(F)(F)F)cc1-c1cccnc1)Nc1ccc2c(c1)CCN2. The van der Waals surface area contributed by atoms with E-state index in [1.807, 2.05) is 18.2 Å². The summed E-state index contributed by atoms with van der Waals surface area (Å²) in [5, 5.41) is 6.14. The Bertz CT molecular complexity index is 1070. The van der Waals surface area contributed by atoms with Gasteiger partial charge in [0, 0.05) is 42.3 Å². The number of hydrogen-bond acceptors (Lipinski definition) is 3. The van der Waals surface area contributed by atoms with Crippen molar-refractivity contribution in [3.05, 3.63) is 77.6 Å². The van der Waals surface area contributed by atoms with E-state index in [1.54, 1.807) is 18.3 Å². The average molecular weight is 411 g/mol. The molecule has 0 atom stereocenters. The van der Waals surface area contributed by atoms with E-state index < -0.39 is 11.7 Å². The Kier molecular flexibility index (Phi) is 5.44. The Morgan fingerprint density at radius 3 is 2.77 bits per heavy atom. The fourth-order valence-electron chi connectivity index (χ4n) is 3.62. The Morgan fingerprint density at radius 1 is 1.13 bits per heavy atom. The number of aryl methyl sites for hydroxylation is 1. The first-order chi connectivity index (χ1) is 14.4. The highest BCUT2D eigenvalue weighted by molar-refractivity contribution is 5.91. The highest BCUT2D eigenvalue weighted by Crippen LogP contribution is 2.34. The summed E-state index contributed by atoms with van der Waals surface area (Å²) >= 11 is 0. The summed E-state index contributed by atoms with van der Waals surface area (Å²) in [6.45, 7) is 0.887. The van der Waals surface area contributed by atoms with E-state index in [9.17, 15) is 18.0 Å². The molecule has 7 heteroatoms. The maximum atomic E-state index is 13.2. The second-order valence-electron chi connectivity index (χ2n) is 7.21. The first-order valence-corrected chi connectivity index (χ1v) is 9.67. The van der Waals surface area contributed by atoms with Crippen molar-refractivity contribution in [2.45, 2.75) is 25.4 Å². The molecule has 30 heavy (non-hydrogen) atoms. The molecular formula is C23H20F3N3O. The minimum Gasteiger partial charge on any atom is -0.384 e. The van der Waals surface area contributed by atoms with Gasteiger partial charge in [-0.1, -0.05) is 12.1 Å². The van der Waals surface area contributed by atoms with Crippen LogP contribution in [0.5, 0.6) is 0 Å². The van der Waals surface area contributed by atoms with Crippen molar-refractivity contribution in [1.29, 1.82) is 0 Å². The van der Waals surface area contributed by atoms with Gasteiger partial charge in [-0.05, 0) is 65.9 Å². The molecule has 0 bridgehead atoms. The molecule has 0 aliphatic carbocycles. The van der Waals surface area contributed by atoms with E-state index in [2.05, 4.69) is 15.6 Å². The zero-order valence-corrected chi connectivity index (χ0v) is 16.1. The predicted molar refractivity (Wildman–Crippen MR) is 110 cm³/mol. The molecule has 3 aromatic rings. The van der Waals surface area contributed by atoms with Crippen LogP contribution in [0.25, 0.3) is 11.1 Å². The molecule has 154 valence electrons. The lowest BCUT2D eigenvalue weighted by atomic mass is 9.95. The van der Waals surface area contributed by atoms with Crippen LogP contribution in [0.3, 0.4) is 0 Å². The molecule has 0 unspecified atom stereocenters. The van der Waals surface area contributed by atoms with Gasteiger partial charge >= 0.3 is 6.18 Å². The van der Waals surface area contributed by atoms with E-state index in [0.717, 1.165) is 42.0 Å². The first kappa shape index (κ1) is 19.9. The van der Waals surface area contributed by atoms with Gasteiger partial charge in [0.05, 0.1) is 5.56 Å². The van der Waals surface area contributed by atoms with Crippen LogP contribution in [0.1, 0.15) is 23.1 Å². The normalized spacial score (nSPS) is 12.9. The van der Waals surface area contributed by atoms with Crippen molar-refractivity contribution >= 4 is 17.3 Å². The lowest BCUT2D eigenvalue weighted by Gasteiger charge is -2.14. The number of hydrogen-bond donors (Lipinski definition) is 2. The number of anilines is 2. The van der Waals surface area contributed by atoms with Crippen molar-refractivity contribution in [1.82, 2.24) is 4.98 Å². The molecule has 2 N–H and O–H groups in total. The smallest absolute Gasteiger partial charge is 0.384 e. The van der Waals surface area contributed by atoms with Crippen LogP contribution in [-0.2, 0) is 23.8 Å². The lowest BCUT2D eigenvalue weighted by molar-refractivity contribution is -0.137. The fraction of sp³-hybridized carbons (Fsp3) is 0.217. The lowest BCUT2D eigenvalue weighted by Crippen LogP contribution is -2.13. The maximum Gasteiger partial charge on any atom is 0.416 e. The highest BCUT2D eigenvalue weighted by Gasteiger charge is 2.31. The van der Waals surface area contributed by atoms with Gasteiger partial charge in [-0.15, -0.1) is 0 Å². The minimum absolute atomic E-state index is 0.161. The first-order valence-electron chi connectivity index (χ1n) is 9.67. The van der Waals surface area contributed by atoms with E-state index in [0.29, 0.717) is 23.1 Å². The number of pyridine rings is 1. The Hall–Kier alpha value is -3.35. The molecule has 4 nitrogen and oxygen atoms in total. The summed E-state index contributed by atoms with van der Waals surface area (Å²) in [6, 6.07) is 12.7. The summed E-state index contributed by atoms with van der Waals surface area (Å²) in [6.07, 6.45) is 0.0526. The molecule has 1 aromatic heterocycles. The topological polar surface area (TPSA) is 54.0 Å². The second kappa shape index (κ2) is 8.18. The number of fused-ring (bicyclic) bond motifs is 1. The summed E-state index contributed by atoms with van der Waals surface area (Å²) in [4.78, 5) is 16.4. The summed E-state index contributed by atoms with van der Waals surface area (Å²) in [5.41, 5.74) is 3.95. The van der Waals surface area contributed by atoms with Gasteiger partial charge in [0.15, 0.2) is 0 Å². The number of carbonyl (C=O) groups is 1. The fourth-order valence-corrected chi connectivity index (χ4v) is 3.62. The van der Waals surface area contributed by atoms with Crippen LogP contribution in [0.2, 0.25) is 0 Å².